The van der Waals surface area contributed by atoms with Crippen molar-refractivity contribution in [3.63, 3.8) is 0 Å². The van der Waals surface area contributed by atoms with E-state index in [1.165, 1.54) is 15.9 Å². The maximum atomic E-state index is 14.1. The van der Waals surface area contributed by atoms with E-state index in [1.807, 2.05) is 72.8 Å². The van der Waals surface area contributed by atoms with Gasteiger partial charge >= 0.3 is 5.97 Å². The van der Waals surface area contributed by atoms with Crippen LogP contribution in [0.25, 0.3) is 11.0 Å². The van der Waals surface area contributed by atoms with Crippen LogP contribution in [-0.4, -0.2) is 27.5 Å². The predicted molar refractivity (Wildman–Crippen MR) is 157 cm³/mol. The first-order valence-corrected chi connectivity index (χ1v) is 14.7. The lowest BCUT2D eigenvalue weighted by Crippen LogP contribution is -2.33. The summed E-state index contributed by atoms with van der Waals surface area (Å²) in [6.45, 7) is 3.93. The molecule has 6 nitrogen and oxygen atoms in total. The molecule has 5 aromatic rings. The molecule has 0 spiro atoms. The number of esters is 1. The Kier molecular flexibility index (Phi) is 8.03. The molecule has 0 radical (unpaired) electrons. The van der Waals surface area contributed by atoms with Gasteiger partial charge in [0, 0.05) is 17.5 Å². The Morgan fingerprint density at radius 3 is 2.10 bits per heavy atom. The van der Waals surface area contributed by atoms with E-state index in [0.717, 1.165) is 17.5 Å². The van der Waals surface area contributed by atoms with E-state index in [9.17, 15) is 13.2 Å². The standard InChI is InChI=1S/C33H31NO5S/c1-3-38-33(35)32-24(2)30-23-29(18-19-31(30)39-32)40(36,37)34(21-20-25-10-6-4-7-11-25)28-16-14-27(15-17-28)22-26-12-8-5-9-13-26/h4-19,23H,3,20-22H2,1-2H3. The highest BCUT2D eigenvalue weighted by molar-refractivity contribution is 7.92. The first-order valence-electron chi connectivity index (χ1n) is 13.3. The van der Waals surface area contributed by atoms with Crippen molar-refractivity contribution >= 4 is 32.6 Å². The Hall–Kier alpha value is -4.36. The average Bonchev–Trinajstić information content (AvgIpc) is 3.31. The van der Waals surface area contributed by atoms with Crippen LogP contribution in [0.2, 0.25) is 0 Å². The molecule has 1 aromatic heterocycles. The first-order chi connectivity index (χ1) is 19.4. The summed E-state index contributed by atoms with van der Waals surface area (Å²) in [5, 5.41) is 0.561. The number of sulfonamides is 1. The fraction of sp³-hybridized carbons (Fsp3) is 0.182. The van der Waals surface area contributed by atoms with E-state index >= 15 is 0 Å². The van der Waals surface area contributed by atoms with Crippen LogP contribution in [0.1, 0.15) is 39.7 Å². The minimum Gasteiger partial charge on any atom is -0.460 e. The number of furan rings is 1. The summed E-state index contributed by atoms with van der Waals surface area (Å²) in [5.41, 5.74) is 4.90. The number of ether oxygens (including phenoxy) is 1. The van der Waals surface area contributed by atoms with Crippen molar-refractivity contribution in [3.05, 3.63) is 131 Å². The molecule has 0 amide bonds. The maximum absolute atomic E-state index is 14.1. The molecule has 0 saturated heterocycles. The highest BCUT2D eigenvalue weighted by atomic mass is 32.2. The molecule has 0 saturated carbocycles. The SMILES string of the molecule is CCOC(=O)c1oc2ccc(S(=O)(=O)N(CCc3ccccc3)c3ccc(Cc4ccccc4)cc3)cc2c1C. The van der Waals surface area contributed by atoms with Crippen molar-refractivity contribution in [1.29, 1.82) is 0 Å². The van der Waals surface area contributed by atoms with Crippen molar-refractivity contribution in [2.75, 3.05) is 17.5 Å². The van der Waals surface area contributed by atoms with Gasteiger partial charge < -0.3 is 9.15 Å². The summed E-state index contributed by atoms with van der Waals surface area (Å²) in [6.07, 6.45) is 1.31. The Balaban J connectivity index is 1.49. The van der Waals surface area contributed by atoms with Gasteiger partial charge in [-0.05, 0) is 73.7 Å². The molecule has 204 valence electrons. The van der Waals surface area contributed by atoms with Gasteiger partial charge in [-0.25, -0.2) is 13.2 Å². The second-order valence-corrected chi connectivity index (χ2v) is 11.4. The average molecular weight is 554 g/mol. The Bertz CT molecular complexity index is 1710. The van der Waals surface area contributed by atoms with Gasteiger partial charge in [-0.15, -0.1) is 0 Å². The Morgan fingerprint density at radius 1 is 0.825 bits per heavy atom. The Morgan fingerprint density at radius 2 is 1.45 bits per heavy atom. The number of carbonyl (C=O) groups is 1. The van der Waals surface area contributed by atoms with Crippen LogP contribution in [0, 0.1) is 6.92 Å². The molecular formula is C33H31NO5S. The number of hydrogen-bond acceptors (Lipinski definition) is 5. The van der Waals surface area contributed by atoms with E-state index in [0.29, 0.717) is 28.6 Å². The summed E-state index contributed by atoms with van der Waals surface area (Å²) in [7, 11) is -3.95. The second-order valence-electron chi connectivity index (χ2n) is 9.58. The molecule has 0 N–H and O–H groups in total. The van der Waals surface area contributed by atoms with E-state index in [2.05, 4.69) is 12.1 Å². The van der Waals surface area contributed by atoms with E-state index in [4.69, 9.17) is 9.15 Å². The van der Waals surface area contributed by atoms with E-state index in [1.54, 1.807) is 26.0 Å². The van der Waals surface area contributed by atoms with Crippen molar-refractivity contribution in [3.8, 4) is 0 Å². The van der Waals surface area contributed by atoms with Crippen LogP contribution < -0.4 is 4.31 Å². The fourth-order valence-electron chi connectivity index (χ4n) is 4.75. The molecule has 4 aromatic carbocycles. The third-order valence-electron chi connectivity index (χ3n) is 6.88. The number of rotatable bonds is 10. The van der Waals surface area contributed by atoms with Crippen LogP contribution in [-0.2, 0) is 27.6 Å². The molecule has 0 unspecified atom stereocenters. The third-order valence-corrected chi connectivity index (χ3v) is 8.70. The molecule has 40 heavy (non-hydrogen) atoms. The van der Waals surface area contributed by atoms with Gasteiger partial charge in [-0.3, -0.25) is 4.31 Å². The van der Waals surface area contributed by atoms with Crippen molar-refractivity contribution in [2.45, 2.75) is 31.6 Å². The van der Waals surface area contributed by atoms with Crippen LogP contribution in [0.15, 0.2) is 112 Å². The van der Waals surface area contributed by atoms with Gasteiger partial charge in [-0.1, -0.05) is 72.8 Å². The first kappa shape index (κ1) is 27.2. The fourth-order valence-corrected chi connectivity index (χ4v) is 6.25. The second kappa shape index (κ2) is 11.8. The summed E-state index contributed by atoms with van der Waals surface area (Å²) in [4.78, 5) is 12.5. The predicted octanol–water partition coefficient (Wildman–Crippen LogP) is 6.95. The number of anilines is 1. The zero-order chi connectivity index (χ0) is 28.1. The number of fused-ring (bicyclic) bond motifs is 1. The molecule has 7 heteroatoms. The highest BCUT2D eigenvalue weighted by Gasteiger charge is 2.27. The molecule has 0 fully saturated rings. The monoisotopic (exact) mass is 553 g/mol. The quantitative estimate of drug-likeness (QED) is 0.175. The zero-order valence-corrected chi connectivity index (χ0v) is 23.4. The zero-order valence-electron chi connectivity index (χ0n) is 22.5. The van der Waals surface area contributed by atoms with Gasteiger partial charge in [-0.2, -0.15) is 0 Å². The van der Waals surface area contributed by atoms with Crippen molar-refractivity contribution in [1.82, 2.24) is 0 Å². The number of hydrogen-bond donors (Lipinski definition) is 0. The number of carbonyl (C=O) groups excluding carboxylic acids is 1. The minimum absolute atomic E-state index is 0.0846. The molecular weight excluding hydrogens is 522 g/mol. The lowest BCUT2D eigenvalue weighted by Gasteiger charge is -2.25. The molecule has 0 bridgehead atoms. The van der Waals surface area contributed by atoms with Crippen LogP contribution >= 0.6 is 0 Å². The summed E-state index contributed by atoms with van der Waals surface area (Å²) in [6, 6.07) is 32.3. The third kappa shape index (κ3) is 5.80. The molecule has 1 heterocycles. The lowest BCUT2D eigenvalue weighted by molar-refractivity contribution is 0.0491. The topological polar surface area (TPSA) is 76.8 Å². The molecule has 0 aliphatic carbocycles. The van der Waals surface area contributed by atoms with E-state index < -0.39 is 16.0 Å². The highest BCUT2D eigenvalue weighted by Crippen LogP contribution is 2.31. The van der Waals surface area contributed by atoms with Gasteiger partial charge in [0.25, 0.3) is 10.0 Å². The summed E-state index contributed by atoms with van der Waals surface area (Å²) < 4.78 is 40.5. The number of benzene rings is 4. The molecule has 0 aliphatic heterocycles. The number of aryl methyl sites for hydroxylation is 1. The van der Waals surface area contributed by atoms with Crippen LogP contribution in [0.3, 0.4) is 0 Å². The van der Waals surface area contributed by atoms with Gasteiger partial charge in [0.15, 0.2) is 0 Å². The summed E-state index contributed by atoms with van der Waals surface area (Å²) >= 11 is 0. The normalized spacial score (nSPS) is 11.4. The Labute approximate surface area is 234 Å². The smallest absolute Gasteiger partial charge is 0.374 e. The molecule has 0 atom stereocenters. The molecule has 5 rings (SSSR count). The minimum atomic E-state index is -3.95. The number of nitrogens with zero attached hydrogens (tertiary/aromatic N) is 1. The van der Waals surface area contributed by atoms with Gasteiger partial charge in [0.05, 0.1) is 17.2 Å². The van der Waals surface area contributed by atoms with E-state index in [-0.39, 0.29) is 23.8 Å². The van der Waals surface area contributed by atoms with Crippen LogP contribution in [0.4, 0.5) is 5.69 Å². The van der Waals surface area contributed by atoms with Crippen molar-refractivity contribution in [2.24, 2.45) is 0 Å². The molecule has 0 aliphatic rings. The van der Waals surface area contributed by atoms with Crippen LogP contribution in [0.5, 0.6) is 0 Å². The van der Waals surface area contributed by atoms with Gasteiger partial charge in [0.2, 0.25) is 5.76 Å². The maximum Gasteiger partial charge on any atom is 0.374 e. The lowest BCUT2D eigenvalue weighted by atomic mass is 10.0. The van der Waals surface area contributed by atoms with Crippen molar-refractivity contribution < 1.29 is 22.4 Å². The largest absolute Gasteiger partial charge is 0.460 e. The summed E-state index contributed by atoms with van der Waals surface area (Å²) in [5.74, 6) is -0.484. The van der Waals surface area contributed by atoms with Gasteiger partial charge in [0.1, 0.15) is 5.58 Å².